The number of benzene rings is 1. The number of rotatable bonds is 6. The summed E-state index contributed by atoms with van der Waals surface area (Å²) in [6.07, 6.45) is -0.0676. The van der Waals surface area contributed by atoms with Gasteiger partial charge in [-0.05, 0) is 17.7 Å². The van der Waals surface area contributed by atoms with E-state index in [0.717, 1.165) is 5.56 Å². The summed E-state index contributed by atoms with van der Waals surface area (Å²) >= 11 is 21.6. The van der Waals surface area contributed by atoms with Crippen LogP contribution in [0.3, 0.4) is 0 Å². The lowest BCUT2D eigenvalue weighted by atomic mass is 10.2. The predicted octanol–water partition coefficient (Wildman–Crippen LogP) is 3.13. The molecule has 0 aliphatic rings. The fourth-order valence-corrected chi connectivity index (χ4v) is 1.45. The molecule has 134 valence electrons. The average Bonchev–Trinajstić information content (AvgIpc) is 2.51. The van der Waals surface area contributed by atoms with Crippen LogP contribution in [0.25, 0.3) is 0 Å². The van der Waals surface area contributed by atoms with Gasteiger partial charge in [-0.2, -0.15) is 0 Å². The van der Waals surface area contributed by atoms with Gasteiger partial charge in [0.25, 0.3) is 3.79 Å². The van der Waals surface area contributed by atoms with E-state index in [0.29, 0.717) is 5.02 Å². The lowest BCUT2D eigenvalue weighted by molar-refractivity contribution is -0.143. The fraction of sp³-hybridized carbons (Fsp3) is 0.357. The Balaban J connectivity index is 0.000000506. The smallest absolute Gasteiger partial charge is 0.358 e. The second kappa shape index (κ2) is 11.5. The summed E-state index contributed by atoms with van der Waals surface area (Å²) in [6.45, 7) is -0.0167. The Morgan fingerprint density at radius 2 is 1.62 bits per heavy atom. The molecule has 0 amide bonds. The molecule has 0 spiro atoms. The summed E-state index contributed by atoms with van der Waals surface area (Å²) in [6, 6.07) is 6.79. The molecule has 1 rings (SSSR count). The molecule has 0 aliphatic carbocycles. The third-order valence-electron chi connectivity index (χ3n) is 2.36. The SMILES string of the molecule is NCC(=O)CCC(=O)O.O=C(OCc1ccc(Cl)cc1)C(Cl)(Cl)Cl. The zero-order chi connectivity index (χ0) is 18.8. The van der Waals surface area contributed by atoms with E-state index < -0.39 is 15.7 Å². The summed E-state index contributed by atoms with van der Waals surface area (Å²) < 4.78 is 2.72. The van der Waals surface area contributed by atoms with Gasteiger partial charge in [0.1, 0.15) is 12.4 Å². The van der Waals surface area contributed by atoms with Gasteiger partial charge >= 0.3 is 11.9 Å². The minimum Gasteiger partial charge on any atom is -0.481 e. The van der Waals surface area contributed by atoms with E-state index in [9.17, 15) is 14.4 Å². The van der Waals surface area contributed by atoms with Gasteiger partial charge in [-0.1, -0.05) is 58.5 Å². The monoisotopic (exact) mass is 417 g/mol. The number of Topliss-reactive ketones (excluding diaryl/α,β-unsaturated/α-hetero) is 1. The van der Waals surface area contributed by atoms with Gasteiger partial charge in [0.15, 0.2) is 0 Å². The molecule has 0 aliphatic heterocycles. The number of ketones is 1. The van der Waals surface area contributed by atoms with Gasteiger partial charge in [0, 0.05) is 11.4 Å². The molecule has 0 radical (unpaired) electrons. The molecular formula is C14H15Cl4NO5. The van der Waals surface area contributed by atoms with E-state index in [1.165, 1.54) is 0 Å². The quantitative estimate of drug-likeness (QED) is 0.542. The van der Waals surface area contributed by atoms with Crippen molar-refractivity contribution in [3.63, 3.8) is 0 Å². The van der Waals surface area contributed by atoms with E-state index in [1.807, 2.05) is 0 Å². The van der Waals surface area contributed by atoms with E-state index in [1.54, 1.807) is 24.3 Å². The first-order valence-electron chi connectivity index (χ1n) is 6.48. The number of nitrogens with two attached hydrogens (primary N) is 1. The molecule has 24 heavy (non-hydrogen) atoms. The van der Waals surface area contributed by atoms with Crippen molar-refractivity contribution in [2.24, 2.45) is 5.73 Å². The molecule has 0 saturated carbocycles. The highest BCUT2D eigenvalue weighted by Crippen LogP contribution is 2.27. The van der Waals surface area contributed by atoms with Crippen LogP contribution in [0.4, 0.5) is 0 Å². The lowest BCUT2D eigenvalue weighted by Crippen LogP contribution is -2.21. The molecule has 0 fully saturated rings. The lowest BCUT2D eigenvalue weighted by Gasteiger charge is -2.10. The number of halogens is 4. The zero-order valence-corrected chi connectivity index (χ0v) is 15.3. The van der Waals surface area contributed by atoms with E-state index in [4.69, 9.17) is 62.0 Å². The number of hydrogen-bond acceptors (Lipinski definition) is 5. The second-order valence-corrected chi connectivity index (χ2v) is 7.05. The summed E-state index contributed by atoms with van der Waals surface area (Å²) in [5.41, 5.74) is 5.68. The molecule has 0 aromatic heterocycles. The van der Waals surface area contributed by atoms with E-state index in [2.05, 4.69) is 0 Å². The van der Waals surface area contributed by atoms with Crippen LogP contribution in [0.5, 0.6) is 0 Å². The molecule has 0 heterocycles. The number of carbonyl (C=O) groups is 3. The Morgan fingerprint density at radius 3 is 2.04 bits per heavy atom. The molecule has 1 aromatic rings. The normalized spacial score (nSPS) is 10.4. The van der Waals surface area contributed by atoms with E-state index in [-0.39, 0.29) is 31.8 Å². The van der Waals surface area contributed by atoms with Crippen molar-refractivity contribution in [2.75, 3.05) is 6.54 Å². The van der Waals surface area contributed by atoms with Crippen LogP contribution in [0.1, 0.15) is 18.4 Å². The van der Waals surface area contributed by atoms with Crippen molar-refractivity contribution in [3.05, 3.63) is 34.9 Å². The van der Waals surface area contributed by atoms with Gasteiger partial charge < -0.3 is 15.6 Å². The van der Waals surface area contributed by atoms with Crippen LogP contribution in [-0.4, -0.2) is 33.2 Å². The Bertz CT molecular complexity index is 557. The number of ether oxygens (including phenoxy) is 1. The first-order chi connectivity index (χ1) is 11.1. The van der Waals surface area contributed by atoms with Crippen LogP contribution >= 0.6 is 46.4 Å². The predicted molar refractivity (Wildman–Crippen MR) is 92.5 cm³/mol. The maximum absolute atomic E-state index is 11.1. The standard InChI is InChI=1S/C9H6Cl4O2.C5H9NO3/c10-7-3-1-6(2-4-7)5-15-8(14)9(11,12)13;6-3-4(7)1-2-5(8)9/h1-4H,5H2;1-3,6H2,(H,8,9). The fourth-order valence-electron chi connectivity index (χ4n) is 1.16. The Hall–Kier alpha value is -1.05. The van der Waals surface area contributed by atoms with Crippen LogP contribution in [-0.2, 0) is 25.7 Å². The molecule has 3 N–H and O–H groups in total. The van der Waals surface area contributed by atoms with Crippen LogP contribution in [0.2, 0.25) is 5.02 Å². The van der Waals surface area contributed by atoms with Crippen molar-refractivity contribution >= 4 is 64.1 Å². The number of alkyl halides is 3. The number of esters is 1. The first kappa shape index (κ1) is 22.9. The maximum Gasteiger partial charge on any atom is 0.358 e. The van der Waals surface area contributed by atoms with Crippen molar-refractivity contribution < 1.29 is 24.2 Å². The summed E-state index contributed by atoms with van der Waals surface area (Å²) in [5.74, 6) is -2.07. The number of carbonyl (C=O) groups excluding carboxylic acids is 2. The highest BCUT2D eigenvalue weighted by atomic mass is 35.6. The van der Waals surface area contributed by atoms with Crippen molar-refractivity contribution in [3.8, 4) is 0 Å². The minimum absolute atomic E-state index is 0.0455. The van der Waals surface area contributed by atoms with Gasteiger partial charge in [0.2, 0.25) is 0 Å². The Kier molecular flexibility index (Phi) is 11.0. The molecule has 0 bridgehead atoms. The third kappa shape index (κ3) is 11.5. The van der Waals surface area contributed by atoms with Gasteiger partial charge in [-0.15, -0.1) is 0 Å². The largest absolute Gasteiger partial charge is 0.481 e. The summed E-state index contributed by atoms with van der Waals surface area (Å²) in [5, 5.41) is 8.67. The third-order valence-corrected chi connectivity index (χ3v) is 3.07. The Morgan fingerprint density at radius 1 is 1.08 bits per heavy atom. The molecule has 0 atom stereocenters. The van der Waals surface area contributed by atoms with Crippen molar-refractivity contribution in [2.45, 2.75) is 23.2 Å². The van der Waals surface area contributed by atoms with E-state index >= 15 is 0 Å². The van der Waals surface area contributed by atoms with Crippen molar-refractivity contribution in [1.82, 2.24) is 0 Å². The summed E-state index contributed by atoms with van der Waals surface area (Å²) in [4.78, 5) is 31.2. The van der Waals surface area contributed by atoms with Crippen LogP contribution in [0, 0.1) is 0 Å². The van der Waals surface area contributed by atoms with Gasteiger partial charge in [0.05, 0.1) is 13.0 Å². The number of aliphatic carboxylic acids is 1. The van der Waals surface area contributed by atoms with Crippen LogP contribution in [0.15, 0.2) is 24.3 Å². The zero-order valence-electron chi connectivity index (χ0n) is 12.3. The average molecular weight is 419 g/mol. The topological polar surface area (TPSA) is 107 Å². The maximum atomic E-state index is 11.1. The van der Waals surface area contributed by atoms with Gasteiger partial charge in [-0.3, -0.25) is 9.59 Å². The highest BCUT2D eigenvalue weighted by molar-refractivity contribution is 6.75. The molecule has 1 aromatic carbocycles. The number of carboxylic acids is 1. The molecular weight excluding hydrogens is 404 g/mol. The molecule has 0 unspecified atom stereocenters. The minimum atomic E-state index is -2.04. The molecule has 10 heteroatoms. The van der Waals surface area contributed by atoms with Crippen LogP contribution < -0.4 is 5.73 Å². The highest BCUT2D eigenvalue weighted by Gasteiger charge is 2.32. The first-order valence-corrected chi connectivity index (χ1v) is 7.99. The van der Waals surface area contributed by atoms with Gasteiger partial charge in [-0.25, -0.2) is 4.79 Å². The molecule has 6 nitrogen and oxygen atoms in total. The molecule has 0 saturated heterocycles. The Labute approximate surface area is 158 Å². The second-order valence-electron chi connectivity index (χ2n) is 4.34. The summed E-state index contributed by atoms with van der Waals surface area (Å²) in [7, 11) is 0. The number of carboxylic acid groups (broad SMARTS) is 1. The van der Waals surface area contributed by atoms with Crippen molar-refractivity contribution in [1.29, 1.82) is 0 Å². The number of hydrogen-bond donors (Lipinski definition) is 2.